The van der Waals surface area contributed by atoms with Gasteiger partial charge in [0, 0.05) is 22.5 Å². The minimum absolute atomic E-state index is 0.169. The van der Waals surface area contributed by atoms with E-state index in [9.17, 15) is 9.59 Å². The number of fused-ring (bicyclic) bond motifs is 1. The summed E-state index contributed by atoms with van der Waals surface area (Å²) >= 11 is 6.08. The topological polar surface area (TPSA) is 76.7 Å². The van der Waals surface area contributed by atoms with Crippen LogP contribution in [0, 0.1) is 18.8 Å². The van der Waals surface area contributed by atoms with Gasteiger partial charge >= 0.3 is 0 Å². The molecule has 27 heavy (non-hydrogen) atoms. The van der Waals surface area contributed by atoms with Crippen LogP contribution in [0.5, 0.6) is 11.5 Å². The molecule has 0 aromatic heterocycles. The number of benzene rings is 2. The molecule has 2 aromatic carbocycles. The third-order valence-electron chi connectivity index (χ3n) is 4.71. The summed E-state index contributed by atoms with van der Waals surface area (Å²) in [6, 6.07) is 10.6. The molecule has 2 atom stereocenters. The number of anilines is 2. The molecular weight excluding hydrogens is 368 g/mol. The Hall–Kier alpha value is -2.73. The first-order valence-corrected chi connectivity index (χ1v) is 9.16. The predicted molar refractivity (Wildman–Crippen MR) is 102 cm³/mol. The molecule has 0 bridgehead atoms. The van der Waals surface area contributed by atoms with Gasteiger partial charge < -0.3 is 20.1 Å². The van der Waals surface area contributed by atoms with E-state index in [1.165, 1.54) is 0 Å². The first kappa shape index (κ1) is 17.7. The smallest absolute Gasteiger partial charge is 0.228 e. The van der Waals surface area contributed by atoms with Crippen LogP contribution in [-0.4, -0.2) is 25.0 Å². The van der Waals surface area contributed by atoms with Gasteiger partial charge in [0.2, 0.25) is 11.8 Å². The molecule has 2 N–H and O–H groups in total. The molecule has 2 aliphatic rings. The lowest BCUT2D eigenvalue weighted by Crippen LogP contribution is -2.21. The van der Waals surface area contributed by atoms with Crippen molar-refractivity contribution in [2.24, 2.45) is 11.8 Å². The summed E-state index contributed by atoms with van der Waals surface area (Å²) in [5.74, 6) is 0.271. The molecule has 140 valence electrons. The highest BCUT2D eigenvalue weighted by Crippen LogP contribution is 2.41. The Morgan fingerprint density at radius 2 is 1.52 bits per heavy atom. The largest absolute Gasteiger partial charge is 0.486 e. The van der Waals surface area contributed by atoms with Crippen LogP contribution in [0.1, 0.15) is 12.0 Å². The summed E-state index contributed by atoms with van der Waals surface area (Å²) in [6.45, 7) is 2.90. The third kappa shape index (κ3) is 3.85. The van der Waals surface area contributed by atoms with Crippen molar-refractivity contribution in [1.29, 1.82) is 0 Å². The van der Waals surface area contributed by atoms with E-state index in [-0.39, 0.29) is 23.7 Å². The fourth-order valence-electron chi connectivity index (χ4n) is 3.04. The lowest BCUT2D eigenvalue weighted by atomic mass is 10.2. The van der Waals surface area contributed by atoms with E-state index >= 15 is 0 Å². The van der Waals surface area contributed by atoms with Gasteiger partial charge in [0.25, 0.3) is 0 Å². The molecule has 6 nitrogen and oxygen atoms in total. The van der Waals surface area contributed by atoms with Crippen LogP contribution >= 0.6 is 11.6 Å². The number of ether oxygens (including phenoxy) is 2. The van der Waals surface area contributed by atoms with Crippen LogP contribution < -0.4 is 20.1 Å². The number of nitrogens with one attached hydrogen (secondary N) is 2. The molecule has 2 unspecified atom stereocenters. The van der Waals surface area contributed by atoms with Gasteiger partial charge in [-0.05, 0) is 43.2 Å². The van der Waals surface area contributed by atoms with Gasteiger partial charge in [0.15, 0.2) is 11.5 Å². The number of aryl methyl sites for hydroxylation is 1. The Bertz CT molecular complexity index is 915. The highest BCUT2D eigenvalue weighted by molar-refractivity contribution is 6.31. The third-order valence-corrected chi connectivity index (χ3v) is 5.12. The lowest BCUT2D eigenvalue weighted by molar-refractivity contribution is -0.122. The highest BCUT2D eigenvalue weighted by atomic mass is 35.5. The lowest BCUT2D eigenvalue weighted by Gasteiger charge is -2.19. The Morgan fingerprint density at radius 3 is 2.19 bits per heavy atom. The number of rotatable bonds is 4. The zero-order valence-corrected chi connectivity index (χ0v) is 15.5. The van der Waals surface area contributed by atoms with Crippen LogP contribution in [0.15, 0.2) is 36.4 Å². The number of hydrogen-bond donors (Lipinski definition) is 2. The van der Waals surface area contributed by atoms with Gasteiger partial charge in [-0.15, -0.1) is 0 Å². The van der Waals surface area contributed by atoms with Crippen molar-refractivity contribution in [3.8, 4) is 11.5 Å². The zero-order valence-electron chi connectivity index (χ0n) is 14.8. The molecule has 7 heteroatoms. The summed E-state index contributed by atoms with van der Waals surface area (Å²) in [7, 11) is 0. The summed E-state index contributed by atoms with van der Waals surface area (Å²) in [5, 5.41) is 6.26. The predicted octanol–water partition coefficient (Wildman–Crippen LogP) is 3.63. The second kappa shape index (κ2) is 7.12. The van der Waals surface area contributed by atoms with Crippen molar-refractivity contribution in [3.05, 3.63) is 47.0 Å². The van der Waals surface area contributed by atoms with Crippen molar-refractivity contribution in [3.63, 3.8) is 0 Å². The standard InChI is InChI=1S/C20H19ClN2O4/c1-11-2-3-12(8-16(11)21)22-19(24)14-10-15(14)20(25)23-13-4-5-17-18(9-13)27-7-6-26-17/h2-5,8-9,14-15H,6-7,10H2,1H3,(H,22,24)(H,23,25). The van der Waals surface area contributed by atoms with Crippen molar-refractivity contribution in [2.75, 3.05) is 23.8 Å². The molecule has 1 heterocycles. The maximum absolute atomic E-state index is 12.4. The van der Waals surface area contributed by atoms with Gasteiger partial charge in [-0.2, -0.15) is 0 Å². The van der Waals surface area contributed by atoms with Crippen LogP contribution in [0.25, 0.3) is 0 Å². The van der Waals surface area contributed by atoms with E-state index in [4.69, 9.17) is 21.1 Å². The van der Waals surface area contributed by atoms with Gasteiger partial charge in [-0.1, -0.05) is 17.7 Å². The number of hydrogen-bond acceptors (Lipinski definition) is 4. The van der Waals surface area contributed by atoms with Crippen molar-refractivity contribution >= 4 is 34.8 Å². The summed E-state index contributed by atoms with van der Waals surface area (Å²) in [5.41, 5.74) is 2.20. The van der Waals surface area contributed by atoms with E-state index in [2.05, 4.69) is 10.6 Å². The zero-order chi connectivity index (χ0) is 19.0. The van der Waals surface area contributed by atoms with E-state index in [0.717, 1.165) is 5.56 Å². The first-order chi connectivity index (χ1) is 13.0. The minimum Gasteiger partial charge on any atom is -0.486 e. The number of carbonyl (C=O) groups excluding carboxylic acids is 2. The SMILES string of the molecule is Cc1ccc(NC(=O)C2CC2C(=O)Nc2ccc3c(c2)OCCO3)cc1Cl. The summed E-state index contributed by atoms with van der Waals surface area (Å²) in [4.78, 5) is 24.8. The maximum atomic E-state index is 12.4. The van der Waals surface area contributed by atoms with Gasteiger partial charge in [0.1, 0.15) is 13.2 Å². The molecule has 2 aromatic rings. The molecule has 0 saturated heterocycles. The molecule has 1 aliphatic heterocycles. The Labute approximate surface area is 161 Å². The van der Waals surface area contributed by atoms with Gasteiger partial charge in [-0.3, -0.25) is 9.59 Å². The van der Waals surface area contributed by atoms with Crippen LogP contribution in [0.2, 0.25) is 5.02 Å². The highest BCUT2D eigenvalue weighted by Gasteiger charge is 2.48. The maximum Gasteiger partial charge on any atom is 0.228 e. The second-order valence-electron chi connectivity index (χ2n) is 6.75. The van der Waals surface area contributed by atoms with Crippen LogP contribution in [-0.2, 0) is 9.59 Å². The average molecular weight is 387 g/mol. The number of halogens is 1. The molecule has 2 amide bonds. The Balaban J connectivity index is 1.34. The molecular formula is C20H19ClN2O4. The van der Waals surface area contributed by atoms with E-state index in [0.29, 0.717) is 47.5 Å². The fraction of sp³-hybridized carbons (Fsp3) is 0.300. The van der Waals surface area contributed by atoms with Gasteiger partial charge in [0.05, 0.1) is 11.8 Å². The quantitative estimate of drug-likeness (QED) is 0.841. The second-order valence-corrected chi connectivity index (χ2v) is 7.16. The number of carbonyl (C=O) groups is 2. The molecule has 1 fully saturated rings. The van der Waals surface area contributed by atoms with Crippen molar-refractivity contribution < 1.29 is 19.1 Å². The molecule has 0 radical (unpaired) electrons. The average Bonchev–Trinajstić information content (AvgIpc) is 3.46. The molecule has 4 rings (SSSR count). The Kier molecular flexibility index (Phi) is 4.66. The first-order valence-electron chi connectivity index (χ1n) is 8.79. The normalized spacial score (nSPS) is 19.9. The van der Waals surface area contributed by atoms with Crippen molar-refractivity contribution in [1.82, 2.24) is 0 Å². The summed E-state index contributed by atoms with van der Waals surface area (Å²) < 4.78 is 11.0. The Morgan fingerprint density at radius 1 is 0.926 bits per heavy atom. The molecule has 0 spiro atoms. The molecule has 1 saturated carbocycles. The van der Waals surface area contributed by atoms with Gasteiger partial charge in [-0.25, -0.2) is 0 Å². The molecule has 1 aliphatic carbocycles. The number of amides is 2. The fourth-order valence-corrected chi connectivity index (χ4v) is 3.22. The summed E-state index contributed by atoms with van der Waals surface area (Å²) in [6.07, 6.45) is 0.530. The van der Waals surface area contributed by atoms with E-state index in [1.54, 1.807) is 30.3 Å². The van der Waals surface area contributed by atoms with Crippen LogP contribution in [0.3, 0.4) is 0 Å². The van der Waals surface area contributed by atoms with E-state index in [1.807, 2.05) is 13.0 Å². The van der Waals surface area contributed by atoms with Crippen LogP contribution in [0.4, 0.5) is 11.4 Å². The monoisotopic (exact) mass is 386 g/mol. The minimum atomic E-state index is -0.334. The van der Waals surface area contributed by atoms with E-state index < -0.39 is 0 Å². The van der Waals surface area contributed by atoms with Crippen molar-refractivity contribution in [2.45, 2.75) is 13.3 Å².